The lowest BCUT2D eigenvalue weighted by atomic mass is 10.1. The molecule has 2 aromatic heterocycles. The van der Waals surface area contributed by atoms with E-state index in [1.807, 2.05) is 0 Å². The van der Waals surface area contributed by atoms with E-state index >= 15 is 8.78 Å². The summed E-state index contributed by atoms with van der Waals surface area (Å²) in [5.41, 5.74) is 0.0375. The zero-order valence-corrected chi connectivity index (χ0v) is 19.3. The number of fused-ring (bicyclic) bond motifs is 1. The number of halogens is 2. The lowest BCUT2D eigenvalue weighted by Gasteiger charge is -2.20. The van der Waals surface area contributed by atoms with Crippen molar-refractivity contribution in [3.05, 3.63) is 42.6 Å². The van der Waals surface area contributed by atoms with Crippen molar-refractivity contribution >= 4 is 28.6 Å². The number of aromatic nitrogens is 3. The van der Waals surface area contributed by atoms with Crippen LogP contribution in [-0.4, -0.2) is 67.4 Å². The summed E-state index contributed by atoms with van der Waals surface area (Å²) < 4.78 is 45.6. The summed E-state index contributed by atoms with van der Waals surface area (Å²) in [5, 5.41) is 9.35. The fraction of sp³-hybridized carbons (Fsp3) is 0.304. The summed E-state index contributed by atoms with van der Waals surface area (Å²) in [5.74, 6) is -1.94. The van der Waals surface area contributed by atoms with Crippen LogP contribution in [0.5, 0.6) is 11.5 Å². The number of amides is 1. The van der Waals surface area contributed by atoms with E-state index in [4.69, 9.17) is 14.2 Å². The standard InChI is InChI=1S/C23H24F2N6O4/c1-5-17(32)28-13-9-35-10-14(13)30-23-27-8-11-6-12(29-22(26-2)21(11)31-23)18-19(24)15(33-3)7-16(34-4)20(18)25/h5-8,13-14H,1,9-10H2,2-4H3,(H,26,29)(H,28,32)(H,27,30,31)/t13-,14+/m0/s1. The van der Waals surface area contributed by atoms with Gasteiger partial charge in [0.15, 0.2) is 29.0 Å². The number of rotatable bonds is 8. The average Bonchev–Trinajstić information content (AvgIpc) is 3.29. The Balaban J connectivity index is 1.72. The van der Waals surface area contributed by atoms with E-state index in [0.717, 1.165) is 6.07 Å². The van der Waals surface area contributed by atoms with Crippen molar-refractivity contribution in [3.63, 3.8) is 0 Å². The van der Waals surface area contributed by atoms with Gasteiger partial charge in [0, 0.05) is 24.7 Å². The van der Waals surface area contributed by atoms with Crippen LogP contribution in [0.2, 0.25) is 0 Å². The van der Waals surface area contributed by atoms with E-state index < -0.39 is 17.2 Å². The first-order valence-corrected chi connectivity index (χ1v) is 10.6. The monoisotopic (exact) mass is 486 g/mol. The molecule has 10 nitrogen and oxygen atoms in total. The lowest BCUT2D eigenvalue weighted by Crippen LogP contribution is -2.45. The number of anilines is 2. The highest BCUT2D eigenvalue weighted by Crippen LogP contribution is 2.38. The second kappa shape index (κ2) is 10.1. The van der Waals surface area contributed by atoms with Crippen LogP contribution in [0.3, 0.4) is 0 Å². The Morgan fingerprint density at radius 2 is 1.83 bits per heavy atom. The van der Waals surface area contributed by atoms with Crippen LogP contribution in [0.15, 0.2) is 31.0 Å². The van der Waals surface area contributed by atoms with Crippen molar-refractivity contribution in [2.24, 2.45) is 0 Å². The zero-order chi connectivity index (χ0) is 25.1. The molecule has 1 aliphatic heterocycles. The van der Waals surface area contributed by atoms with Gasteiger partial charge in [0.1, 0.15) is 5.52 Å². The number of methoxy groups -OCH3 is 2. The Morgan fingerprint density at radius 1 is 1.14 bits per heavy atom. The van der Waals surface area contributed by atoms with Crippen LogP contribution in [0.1, 0.15) is 0 Å². The van der Waals surface area contributed by atoms with Gasteiger partial charge >= 0.3 is 0 Å². The maximum atomic E-state index is 15.0. The van der Waals surface area contributed by atoms with Gasteiger partial charge in [0.25, 0.3) is 0 Å². The summed E-state index contributed by atoms with van der Waals surface area (Å²) in [7, 11) is 4.17. The summed E-state index contributed by atoms with van der Waals surface area (Å²) in [6, 6.07) is 2.05. The molecule has 0 bridgehead atoms. The van der Waals surface area contributed by atoms with Crippen molar-refractivity contribution in [1.82, 2.24) is 20.3 Å². The van der Waals surface area contributed by atoms with Gasteiger partial charge in [-0.05, 0) is 12.1 Å². The molecule has 1 saturated heterocycles. The van der Waals surface area contributed by atoms with Crippen molar-refractivity contribution in [3.8, 4) is 22.8 Å². The SMILES string of the molecule is C=CC(=O)N[C@H]1COC[C@H]1Nc1ncc2cc(-c3c(F)c(OC)cc(OC)c3F)nc(NC)c2n1. The topological polar surface area (TPSA) is 120 Å². The van der Waals surface area contributed by atoms with Crippen molar-refractivity contribution < 1.29 is 27.8 Å². The molecular formula is C23H24F2N6O4. The molecule has 3 aromatic rings. The molecule has 0 saturated carbocycles. The van der Waals surface area contributed by atoms with E-state index in [1.54, 1.807) is 7.05 Å². The zero-order valence-electron chi connectivity index (χ0n) is 19.3. The Labute approximate surface area is 199 Å². The number of carbonyl (C=O) groups excluding carboxylic acids is 1. The maximum absolute atomic E-state index is 15.0. The smallest absolute Gasteiger partial charge is 0.243 e. The molecular weight excluding hydrogens is 462 g/mol. The highest BCUT2D eigenvalue weighted by atomic mass is 19.1. The molecule has 1 amide bonds. The van der Waals surface area contributed by atoms with E-state index in [-0.39, 0.29) is 47.0 Å². The summed E-state index contributed by atoms with van der Waals surface area (Å²) in [4.78, 5) is 24.9. The first-order valence-electron chi connectivity index (χ1n) is 10.6. The van der Waals surface area contributed by atoms with Crippen molar-refractivity contribution in [2.75, 3.05) is 45.1 Å². The molecule has 2 atom stereocenters. The van der Waals surface area contributed by atoms with E-state index in [9.17, 15) is 4.79 Å². The fourth-order valence-corrected chi connectivity index (χ4v) is 3.77. The van der Waals surface area contributed by atoms with Gasteiger partial charge in [-0.15, -0.1) is 0 Å². The predicted octanol–water partition coefficient (Wildman–Crippen LogP) is 2.51. The number of pyridine rings is 1. The number of ether oxygens (including phenoxy) is 3. The average molecular weight is 486 g/mol. The number of hydrogen-bond acceptors (Lipinski definition) is 9. The van der Waals surface area contributed by atoms with Gasteiger partial charge < -0.3 is 30.2 Å². The molecule has 1 aromatic carbocycles. The maximum Gasteiger partial charge on any atom is 0.243 e. The minimum Gasteiger partial charge on any atom is -0.494 e. The first-order chi connectivity index (χ1) is 16.9. The number of nitrogens with one attached hydrogen (secondary N) is 3. The second-order valence-electron chi connectivity index (χ2n) is 7.63. The van der Waals surface area contributed by atoms with Crippen LogP contribution in [0.4, 0.5) is 20.5 Å². The van der Waals surface area contributed by atoms with Crippen LogP contribution < -0.4 is 25.4 Å². The fourth-order valence-electron chi connectivity index (χ4n) is 3.77. The molecule has 0 spiro atoms. The molecule has 1 aliphatic rings. The number of nitrogens with zero attached hydrogens (tertiary/aromatic N) is 3. The van der Waals surface area contributed by atoms with Gasteiger partial charge in [-0.25, -0.2) is 23.7 Å². The Kier molecular flexibility index (Phi) is 6.92. The molecule has 35 heavy (non-hydrogen) atoms. The molecule has 12 heteroatoms. The van der Waals surface area contributed by atoms with Gasteiger partial charge in [-0.3, -0.25) is 4.79 Å². The van der Waals surface area contributed by atoms with Crippen LogP contribution in [0.25, 0.3) is 22.2 Å². The molecule has 3 heterocycles. The van der Waals surface area contributed by atoms with Gasteiger partial charge in [0.05, 0.1) is 50.8 Å². The lowest BCUT2D eigenvalue weighted by molar-refractivity contribution is -0.117. The highest BCUT2D eigenvalue weighted by molar-refractivity contribution is 5.92. The number of carbonyl (C=O) groups is 1. The minimum atomic E-state index is -0.909. The summed E-state index contributed by atoms with van der Waals surface area (Å²) in [6.45, 7) is 4.13. The van der Waals surface area contributed by atoms with Crippen molar-refractivity contribution in [1.29, 1.82) is 0 Å². The Morgan fingerprint density at radius 3 is 2.46 bits per heavy atom. The van der Waals surface area contributed by atoms with E-state index in [1.165, 1.54) is 32.6 Å². The van der Waals surface area contributed by atoms with Crippen LogP contribution in [-0.2, 0) is 9.53 Å². The van der Waals surface area contributed by atoms with E-state index in [2.05, 4.69) is 37.5 Å². The third kappa shape index (κ3) is 4.64. The molecule has 0 unspecified atom stereocenters. The second-order valence-corrected chi connectivity index (χ2v) is 7.63. The Bertz CT molecular complexity index is 1260. The number of hydrogen-bond donors (Lipinski definition) is 3. The first kappa shape index (κ1) is 24.1. The van der Waals surface area contributed by atoms with Gasteiger partial charge in [-0.2, -0.15) is 0 Å². The normalized spacial score (nSPS) is 17.2. The van der Waals surface area contributed by atoms with Crippen molar-refractivity contribution in [2.45, 2.75) is 12.1 Å². The molecule has 184 valence electrons. The minimum absolute atomic E-state index is 0.00903. The quantitative estimate of drug-likeness (QED) is 0.413. The molecule has 0 radical (unpaired) electrons. The molecule has 1 fully saturated rings. The molecule has 3 N–H and O–H groups in total. The highest BCUT2D eigenvalue weighted by Gasteiger charge is 2.30. The van der Waals surface area contributed by atoms with Gasteiger partial charge in [0.2, 0.25) is 11.9 Å². The van der Waals surface area contributed by atoms with Crippen LogP contribution >= 0.6 is 0 Å². The predicted molar refractivity (Wildman–Crippen MR) is 126 cm³/mol. The van der Waals surface area contributed by atoms with Gasteiger partial charge in [-0.1, -0.05) is 6.58 Å². The summed E-state index contributed by atoms with van der Waals surface area (Å²) >= 11 is 0. The Hall–Kier alpha value is -4.06. The molecule has 0 aliphatic carbocycles. The third-order valence-corrected chi connectivity index (χ3v) is 5.54. The van der Waals surface area contributed by atoms with E-state index in [0.29, 0.717) is 24.1 Å². The largest absolute Gasteiger partial charge is 0.494 e. The summed E-state index contributed by atoms with van der Waals surface area (Å²) in [6.07, 6.45) is 2.70. The number of benzene rings is 1. The molecule has 4 rings (SSSR count). The third-order valence-electron chi connectivity index (χ3n) is 5.54. The van der Waals surface area contributed by atoms with Crippen LogP contribution in [0, 0.1) is 11.6 Å².